The quantitative estimate of drug-likeness (QED) is 0.781. The predicted molar refractivity (Wildman–Crippen MR) is 79.8 cm³/mol. The maximum Gasteiger partial charge on any atom is 0.249 e. The molecular formula is C12H16ClN3O2S. The van der Waals surface area contributed by atoms with E-state index in [-0.39, 0.29) is 24.4 Å². The molecule has 104 valence electrons. The maximum absolute atomic E-state index is 11.9. The van der Waals surface area contributed by atoms with Crippen molar-refractivity contribution in [3.05, 3.63) is 29.3 Å². The Bertz CT molecular complexity index is 490. The first-order chi connectivity index (χ1) is 8.58. The zero-order valence-corrected chi connectivity index (χ0v) is 12.1. The van der Waals surface area contributed by atoms with Crippen LogP contribution in [0.2, 0.25) is 0 Å². The minimum atomic E-state index is -0.488. The molecule has 0 bridgehead atoms. The van der Waals surface area contributed by atoms with E-state index in [9.17, 15) is 9.59 Å². The van der Waals surface area contributed by atoms with Gasteiger partial charge in [-0.25, -0.2) is 0 Å². The zero-order chi connectivity index (χ0) is 13.1. The highest BCUT2D eigenvalue weighted by Crippen LogP contribution is 2.16. The van der Waals surface area contributed by atoms with Crippen LogP contribution >= 0.6 is 24.2 Å². The van der Waals surface area contributed by atoms with Gasteiger partial charge in [-0.1, -0.05) is 6.07 Å². The molecule has 1 aromatic rings. The number of thioether (sulfide) groups is 1. The summed E-state index contributed by atoms with van der Waals surface area (Å²) in [5, 5.41) is 5.87. The number of anilines is 1. The van der Waals surface area contributed by atoms with Crippen LogP contribution in [-0.4, -0.2) is 29.5 Å². The molecule has 2 rings (SSSR count). The summed E-state index contributed by atoms with van der Waals surface area (Å²) >= 11 is 1.69. The lowest BCUT2D eigenvalue weighted by atomic mass is 10.1. The molecule has 19 heavy (non-hydrogen) atoms. The van der Waals surface area contributed by atoms with Crippen LogP contribution in [0, 0.1) is 6.92 Å². The SMILES string of the molecule is Cc1ccc(NC(=O)C2CSCN2)cc1C(N)=O.Cl. The summed E-state index contributed by atoms with van der Waals surface area (Å²) < 4.78 is 0. The molecule has 1 atom stereocenters. The molecule has 0 spiro atoms. The standard InChI is InChI=1S/C12H15N3O2S.ClH/c1-7-2-3-8(4-9(7)11(13)16)15-12(17)10-5-18-6-14-10;/h2-4,10,14H,5-6H2,1H3,(H2,13,16)(H,15,17);1H. The van der Waals surface area contributed by atoms with Crippen molar-refractivity contribution < 1.29 is 9.59 Å². The summed E-state index contributed by atoms with van der Waals surface area (Å²) in [6.45, 7) is 1.81. The number of carbonyl (C=O) groups is 2. The highest BCUT2D eigenvalue weighted by atomic mass is 35.5. The largest absolute Gasteiger partial charge is 0.366 e. The van der Waals surface area contributed by atoms with Gasteiger partial charge in [0.15, 0.2) is 0 Å². The molecule has 1 saturated heterocycles. The number of halogens is 1. The molecule has 1 aliphatic rings. The number of primary amides is 1. The molecular weight excluding hydrogens is 286 g/mol. The third kappa shape index (κ3) is 3.86. The molecule has 0 aromatic heterocycles. The van der Waals surface area contributed by atoms with Crippen molar-refractivity contribution in [2.45, 2.75) is 13.0 Å². The average Bonchev–Trinajstić information content (AvgIpc) is 2.85. The topological polar surface area (TPSA) is 84.2 Å². The van der Waals surface area contributed by atoms with E-state index in [0.29, 0.717) is 11.3 Å². The Morgan fingerprint density at radius 3 is 2.79 bits per heavy atom. The molecule has 7 heteroatoms. The van der Waals surface area contributed by atoms with Crippen molar-refractivity contribution in [3.63, 3.8) is 0 Å². The summed E-state index contributed by atoms with van der Waals surface area (Å²) in [6, 6.07) is 4.97. The fourth-order valence-corrected chi connectivity index (χ4v) is 2.70. The lowest BCUT2D eigenvalue weighted by Gasteiger charge is -2.11. The third-order valence-electron chi connectivity index (χ3n) is 2.80. The number of rotatable bonds is 3. The number of aryl methyl sites for hydroxylation is 1. The second-order valence-corrected chi connectivity index (χ2v) is 5.19. The number of benzene rings is 1. The Labute approximate surface area is 122 Å². The molecule has 1 fully saturated rings. The van der Waals surface area contributed by atoms with Crippen LogP contribution in [0.15, 0.2) is 18.2 Å². The van der Waals surface area contributed by atoms with E-state index in [1.807, 2.05) is 0 Å². The lowest BCUT2D eigenvalue weighted by Crippen LogP contribution is -2.37. The minimum Gasteiger partial charge on any atom is -0.366 e. The maximum atomic E-state index is 11.9. The van der Waals surface area contributed by atoms with Crippen LogP contribution in [0.4, 0.5) is 5.69 Å². The van der Waals surface area contributed by atoms with Crippen LogP contribution < -0.4 is 16.4 Å². The molecule has 0 saturated carbocycles. The van der Waals surface area contributed by atoms with Crippen molar-refractivity contribution in [1.82, 2.24) is 5.32 Å². The molecule has 2 amide bonds. The summed E-state index contributed by atoms with van der Waals surface area (Å²) in [5.74, 6) is 0.983. The van der Waals surface area contributed by atoms with Gasteiger partial charge in [0, 0.05) is 22.9 Å². The van der Waals surface area contributed by atoms with Crippen molar-refractivity contribution in [2.75, 3.05) is 16.9 Å². The van der Waals surface area contributed by atoms with Crippen molar-refractivity contribution in [1.29, 1.82) is 0 Å². The first-order valence-electron chi connectivity index (χ1n) is 5.60. The first-order valence-corrected chi connectivity index (χ1v) is 6.76. The van der Waals surface area contributed by atoms with Gasteiger partial charge in [-0.3, -0.25) is 14.9 Å². The highest BCUT2D eigenvalue weighted by Gasteiger charge is 2.22. The number of amides is 2. The van der Waals surface area contributed by atoms with E-state index in [0.717, 1.165) is 17.2 Å². The monoisotopic (exact) mass is 301 g/mol. The van der Waals surface area contributed by atoms with Crippen molar-refractivity contribution >= 4 is 41.7 Å². The van der Waals surface area contributed by atoms with Crippen LogP contribution in [0.5, 0.6) is 0 Å². The summed E-state index contributed by atoms with van der Waals surface area (Å²) in [5.41, 5.74) is 7.10. The number of hydrogen-bond acceptors (Lipinski definition) is 4. The van der Waals surface area contributed by atoms with Gasteiger partial charge in [0.25, 0.3) is 0 Å². The molecule has 4 N–H and O–H groups in total. The van der Waals surface area contributed by atoms with Crippen LogP contribution in [-0.2, 0) is 4.79 Å². The molecule has 1 aromatic carbocycles. The molecule has 1 unspecified atom stereocenters. The molecule has 1 heterocycles. The van der Waals surface area contributed by atoms with Gasteiger partial charge in [-0.15, -0.1) is 24.2 Å². The Morgan fingerprint density at radius 1 is 1.47 bits per heavy atom. The second kappa shape index (κ2) is 6.79. The van der Waals surface area contributed by atoms with Crippen LogP contribution in [0.1, 0.15) is 15.9 Å². The Kier molecular flexibility index (Phi) is 5.65. The Morgan fingerprint density at radius 2 is 2.21 bits per heavy atom. The van der Waals surface area contributed by atoms with E-state index in [1.165, 1.54) is 0 Å². The normalized spacial score (nSPS) is 17.6. The second-order valence-electron chi connectivity index (χ2n) is 4.16. The van der Waals surface area contributed by atoms with Gasteiger partial charge in [0.2, 0.25) is 11.8 Å². The van der Waals surface area contributed by atoms with Crippen molar-refractivity contribution in [3.8, 4) is 0 Å². The molecule has 5 nitrogen and oxygen atoms in total. The van der Waals surface area contributed by atoms with Gasteiger partial charge in [0.05, 0.1) is 6.04 Å². The number of nitrogens with one attached hydrogen (secondary N) is 2. The molecule has 1 aliphatic heterocycles. The first kappa shape index (κ1) is 15.8. The fourth-order valence-electron chi connectivity index (χ4n) is 1.76. The average molecular weight is 302 g/mol. The van der Waals surface area contributed by atoms with E-state index < -0.39 is 5.91 Å². The summed E-state index contributed by atoms with van der Waals surface area (Å²) in [7, 11) is 0. The summed E-state index contributed by atoms with van der Waals surface area (Å²) in [4.78, 5) is 23.1. The van der Waals surface area contributed by atoms with E-state index in [2.05, 4.69) is 10.6 Å². The predicted octanol–water partition coefficient (Wildman–Crippen LogP) is 1.12. The Hall–Kier alpha value is -1.24. The van der Waals surface area contributed by atoms with E-state index >= 15 is 0 Å². The molecule has 0 radical (unpaired) electrons. The lowest BCUT2D eigenvalue weighted by molar-refractivity contribution is -0.117. The highest BCUT2D eigenvalue weighted by molar-refractivity contribution is 7.99. The van der Waals surface area contributed by atoms with Crippen LogP contribution in [0.25, 0.3) is 0 Å². The van der Waals surface area contributed by atoms with Gasteiger partial charge in [0.1, 0.15) is 0 Å². The minimum absolute atomic E-state index is 0. The number of nitrogens with two attached hydrogens (primary N) is 1. The van der Waals surface area contributed by atoms with Gasteiger partial charge in [-0.2, -0.15) is 0 Å². The van der Waals surface area contributed by atoms with Gasteiger partial charge < -0.3 is 11.1 Å². The Balaban J connectivity index is 0.00000180. The van der Waals surface area contributed by atoms with Gasteiger partial charge in [-0.05, 0) is 24.6 Å². The van der Waals surface area contributed by atoms with Gasteiger partial charge >= 0.3 is 0 Å². The summed E-state index contributed by atoms with van der Waals surface area (Å²) in [6.07, 6.45) is 0. The molecule has 0 aliphatic carbocycles. The van der Waals surface area contributed by atoms with E-state index in [4.69, 9.17) is 5.73 Å². The zero-order valence-electron chi connectivity index (χ0n) is 10.4. The smallest absolute Gasteiger partial charge is 0.249 e. The number of carbonyl (C=O) groups excluding carboxylic acids is 2. The third-order valence-corrected chi connectivity index (χ3v) is 3.74. The number of hydrogen-bond donors (Lipinski definition) is 3. The van der Waals surface area contributed by atoms with Crippen molar-refractivity contribution in [2.24, 2.45) is 5.73 Å². The van der Waals surface area contributed by atoms with Crippen LogP contribution in [0.3, 0.4) is 0 Å². The fraction of sp³-hybridized carbons (Fsp3) is 0.333. The van der Waals surface area contributed by atoms with E-state index in [1.54, 1.807) is 36.9 Å².